The van der Waals surface area contributed by atoms with Crippen LogP contribution in [0, 0.1) is 5.82 Å². The summed E-state index contributed by atoms with van der Waals surface area (Å²) in [5.74, 6) is -0.403. The number of benzene rings is 3. The fraction of sp³-hybridized carbons (Fsp3) is 0.136. The summed E-state index contributed by atoms with van der Waals surface area (Å²) in [6.45, 7) is 0.129. The number of amides is 1. The van der Waals surface area contributed by atoms with Gasteiger partial charge in [0.2, 0.25) is 10.0 Å². The molecule has 0 aromatic heterocycles. The van der Waals surface area contributed by atoms with Gasteiger partial charge in [-0.25, -0.2) is 12.8 Å². The topological polar surface area (TPSA) is 75.7 Å². The molecule has 1 N–H and O–H groups in total. The number of methoxy groups -OCH3 is 1. The molecular weight excluding hydrogens is 407 g/mol. The van der Waals surface area contributed by atoms with Crippen molar-refractivity contribution >= 4 is 21.6 Å². The van der Waals surface area contributed by atoms with E-state index in [-0.39, 0.29) is 17.1 Å². The molecule has 156 valence electrons. The van der Waals surface area contributed by atoms with Crippen LogP contribution in [0.5, 0.6) is 5.75 Å². The van der Waals surface area contributed by atoms with Gasteiger partial charge in [-0.15, -0.1) is 0 Å². The Hall–Kier alpha value is -3.23. The molecule has 1 amide bonds. The third kappa shape index (κ3) is 4.84. The summed E-state index contributed by atoms with van der Waals surface area (Å²) in [6.07, 6.45) is 0. The summed E-state index contributed by atoms with van der Waals surface area (Å²) in [5.41, 5.74) is 1.14. The third-order valence-corrected chi connectivity index (χ3v) is 6.33. The lowest BCUT2D eigenvalue weighted by molar-refractivity contribution is 0.102. The maximum atomic E-state index is 13.7. The molecule has 0 unspecified atom stereocenters. The standard InChI is InChI=1S/C22H21FN2O4S/c1-25(30(27,28)19-13-11-18(29-2)12-14-19)15-16-7-9-17(10-8-16)22(26)24-21-6-4-3-5-20(21)23/h3-14H,15H2,1-2H3,(H,24,26). The zero-order valence-corrected chi connectivity index (χ0v) is 17.3. The largest absolute Gasteiger partial charge is 0.497 e. The molecule has 8 heteroatoms. The Kier molecular flexibility index (Phi) is 6.49. The van der Waals surface area contributed by atoms with Gasteiger partial charge in [-0.3, -0.25) is 4.79 Å². The quantitative estimate of drug-likeness (QED) is 0.619. The van der Waals surface area contributed by atoms with E-state index >= 15 is 0 Å². The van der Waals surface area contributed by atoms with Crippen molar-refractivity contribution < 1.29 is 22.3 Å². The van der Waals surface area contributed by atoms with Crippen LogP contribution in [0.4, 0.5) is 10.1 Å². The van der Waals surface area contributed by atoms with Crippen molar-refractivity contribution in [2.75, 3.05) is 19.5 Å². The minimum Gasteiger partial charge on any atom is -0.497 e. The lowest BCUT2D eigenvalue weighted by atomic mass is 10.1. The van der Waals surface area contributed by atoms with E-state index < -0.39 is 21.7 Å². The molecule has 0 spiro atoms. The zero-order chi connectivity index (χ0) is 21.7. The Bertz CT molecular complexity index is 1130. The van der Waals surface area contributed by atoms with Crippen LogP contribution >= 0.6 is 0 Å². The van der Waals surface area contributed by atoms with Gasteiger partial charge in [0.15, 0.2) is 0 Å². The van der Waals surface area contributed by atoms with E-state index in [9.17, 15) is 17.6 Å². The van der Waals surface area contributed by atoms with Crippen LogP contribution in [0.3, 0.4) is 0 Å². The van der Waals surface area contributed by atoms with Crippen molar-refractivity contribution in [1.82, 2.24) is 4.31 Å². The lowest BCUT2D eigenvalue weighted by Crippen LogP contribution is -2.26. The Labute approximate surface area is 175 Å². The number of ether oxygens (including phenoxy) is 1. The van der Waals surface area contributed by atoms with Crippen LogP contribution in [-0.4, -0.2) is 32.8 Å². The summed E-state index contributed by atoms with van der Waals surface area (Å²) < 4.78 is 45.4. The minimum absolute atomic E-state index is 0.0943. The maximum absolute atomic E-state index is 13.7. The molecule has 0 aliphatic heterocycles. The number of carbonyl (C=O) groups is 1. The molecule has 3 rings (SSSR count). The van der Waals surface area contributed by atoms with Crippen molar-refractivity contribution in [1.29, 1.82) is 0 Å². The number of anilines is 1. The first-order chi connectivity index (χ1) is 14.3. The highest BCUT2D eigenvalue weighted by atomic mass is 32.2. The van der Waals surface area contributed by atoms with Gasteiger partial charge in [0.1, 0.15) is 11.6 Å². The van der Waals surface area contributed by atoms with E-state index in [1.54, 1.807) is 42.5 Å². The normalized spacial score (nSPS) is 11.3. The second-order valence-electron chi connectivity index (χ2n) is 6.57. The van der Waals surface area contributed by atoms with E-state index in [1.165, 1.54) is 48.8 Å². The second kappa shape index (κ2) is 9.06. The van der Waals surface area contributed by atoms with Gasteiger partial charge in [-0.2, -0.15) is 4.31 Å². The molecule has 0 atom stereocenters. The van der Waals surface area contributed by atoms with E-state index in [0.29, 0.717) is 16.9 Å². The molecule has 0 aliphatic carbocycles. The second-order valence-corrected chi connectivity index (χ2v) is 8.61. The molecule has 3 aromatic carbocycles. The number of nitrogens with one attached hydrogen (secondary N) is 1. The number of para-hydroxylation sites is 1. The van der Waals surface area contributed by atoms with E-state index in [2.05, 4.69) is 5.32 Å². The first kappa shape index (κ1) is 21.5. The Morgan fingerprint density at radius 2 is 1.63 bits per heavy atom. The van der Waals surface area contributed by atoms with Crippen LogP contribution in [0.2, 0.25) is 0 Å². The number of sulfonamides is 1. The third-order valence-electron chi connectivity index (χ3n) is 4.51. The highest BCUT2D eigenvalue weighted by Gasteiger charge is 2.21. The molecule has 0 radical (unpaired) electrons. The molecule has 3 aromatic rings. The van der Waals surface area contributed by atoms with Crippen LogP contribution in [-0.2, 0) is 16.6 Å². The predicted octanol–water partition coefficient (Wildman–Crippen LogP) is 3.91. The summed E-state index contributed by atoms with van der Waals surface area (Å²) in [7, 11) is -0.683. The molecule has 30 heavy (non-hydrogen) atoms. The van der Waals surface area contributed by atoms with E-state index in [1.807, 2.05) is 0 Å². The first-order valence-corrected chi connectivity index (χ1v) is 10.5. The Morgan fingerprint density at radius 3 is 2.23 bits per heavy atom. The summed E-state index contributed by atoms with van der Waals surface area (Å²) >= 11 is 0. The van der Waals surface area contributed by atoms with Crippen molar-refractivity contribution in [3.63, 3.8) is 0 Å². The average Bonchev–Trinajstić information content (AvgIpc) is 2.75. The molecule has 6 nitrogen and oxygen atoms in total. The van der Waals surface area contributed by atoms with Gasteiger partial charge >= 0.3 is 0 Å². The number of hydrogen-bond donors (Lipinski definition) is 1. The number of nitrogens with zero attached hydrogens (tertiary/aromatic N) is 1. The van der Waals surface area contributed by atoms with Crippen LogP contribution in [0.25, 0.3) is 0 Å². The fourth-order valence-corrected chi connectivity index (χ4v) is 3.95. The minimum atomic E-state index is -3.68. The first-order valence-electron chi connectivity index (χ1n) is 9.06. The van der Waals surface area contributed by atoms with Crippen LogP contribution < -0.4 is 10.1 Å². The fourth-order valence-electron chi connectivity index (χ4n) is 2.79. The summed E-state index contributed by atoms with van der Waals surface area (Å²) in [4.78, 5) is 12.5. The number of carbonyl (C=O) groups excluding carboxylic acids is 1. The van der Waals surface area contributed by atoms with Gasteiger partial charge in [-0.1, -0.05) is 24.3 Å². The van der Waals surface area contributed by atoms with E-state index in [4.69, 9.17) is 4.74 Å². The number of rotatable bonds is 7. The van der Waals surface area contributed by atoms with Gasteiger partial charge in [-0.05, 0) is 54.1 Å². The van der Waals surface area contributed by atoms with Crippen LogP contribution in [0.1, 0.15) is 15.9 Å². The van der Waals surface area contributed by atoms with Crippen molar-refractivity contribution in [3.8, 4) is 5.75 Å². The molecule has 0 aliphatic rings. The van der Waals surface area contributed by atoms with Crippen molar-refractivity contribution in [2.24, 2.45) is 0 Å². The monoisotopic (exact) mass is 428 g/mol. The molecule has 0 heterocycles. The van der Waals surface area contributed by atoms with Gasteiger partial charge < -0.3 is 10.1 Å². The molecule has 0 saturated carbocycles. The SMILES string of the molecule is COc1ccc(S(=O)(=O)N(C)Cc2ccc(C(=O)Nc3ccccc3F)cc2)cc1. The number of halogens is 1. The lowest BCUT2D eigenvalue weighted by Gasteiger charge is -2.17. The smallest absolute Gasteiger partial charge is 0.255 e. The van der Waals surface area contributed by atoms with E-state index in [0.717, 1.165) is 0 Å². The summed E-state index contributed by atoms with van der Waals surface area (Å²) in [6, 6.07) is 18.5. The average molecular weight is 428 g/mol. The molecular formula is C22H21FN2O4S. The molecule has 0 bridgehead atoms. The van der Waals surface area contributed by atoms with Crippen LogP contribution in [0.15, 0.2) is 77.7 Å². The van der Waals surface area contributed by atoms with Gasteiger partial charge in [0.05, 0.1) is 17.7 Å². The van der Waals surface area contributed by atoms with Crippen molar-refractivity contribution in [3.05, 3.63) is 89.7 Å². The van der Waals surface area contributed by atoms with Crippen molar-refractivity contribution in [2.45, 2.75) is 11.4 Å². The Morgan fingerprint density at radius 1 is 1.00 bits per heavy atom. The highest BCUT2D eigenvalue weighted by molar-refractivity contribution is 7.89. The highest BCUT2D eigenvalue weighted by Crippen LogP contribution is 2.20. The maximum Gasteiger partial charge on any atom is 0.255 e. The van der Waals surface area contributed by atoms with Gasteiger partial charge in [0, 0.05) is 19.2 Å². The summed E-state index contributed by atoms with van der Waals surface area (Å²) in [5, 5.41) is 2.51. The van der Waals surface area contributed by atoms with Gasteiger partial charge in [0.25, 0.3) is 5.91 Å². The Balaban J connectivity index is 1.68. The molecule has 0 fully saturated rings. The molecule has 0 saturated heterocycles. The predicted molar refractivity (Wildman–Crippen MR) is 112 cm³/mol. The zero-order valence-electron chi connectivity index (χ0n) is 16.5. The number of hydrogen-bond acceptors (Lipinski definition) is 4.